The van der Waals surface area contributed by atoms with E-state index in [1.165, 1.54) is 12.1 Å². The molecular weight excluding hydrogens is 238 g/mol. The molecule has 0 bridgehead atoms. The molecule has 0 aliphatic rings. The van der Waals surface area contributed by atoms with Gasteiger partial charge < -0.3 is 20.1 Å². The van der Waals surface area contributed by atoms with Crippen LogP contribution in [-0.4, -0.2) is 48.3 Å². The first-order valence-electron chi connectivity index (χ1n) is 5.30. The van der Waals surface area contributed by atoms with Crippen LogP contribution in [0.4, 0.5) is 0 Å². The summed E-state index contributed by atoms with van der Waals surface area (Å²) in [6.45, 7) is -0.380. The highest BCUT2D eigenvalue weighted by Crippen LogP contribution is 2.11. The first-order valence-corrected chi connectivity index (χ1v) is 5.30. The largest absolute Gasteiger partial charge is 0.508 e. The molecule has 18 heavy (non-hydrogen) atoms. The van der Waals surface area contributed by atoms with Crippen LogP contribution in [-0.2, 0) is 16.0 Å². The molecule has 4 N–H and O–H groups in total. The van der Waals surface area contributed by atoms with Crippen LogP contribution in [0.3, 0.4) is 0 Å². The van der Waals surface area contributed by atoms with Crippen molar-refractivity contribution in [3.05, 3.63) is 29.8 Å². The van der Waals surface area contributed by atoms with E-state index in [1.807, 2.05) is 0 Å². The molecule has 6 heteroatoms. The van der Waals surface area contributed by atoms with Gasteiger partial charge in [-0.3, -0.25) is 10.1 Å². The molecule has 102 valence electrons. The van der Waals surface area contributed by atoms with Crippen LogP contribution in [0, 0.1) is 0 Å². The second kappa shape index (κ2) is 9.41. The van der Waals surface area contributed by atoms with Crippen molar-refractivity contribution >= 4 is 5.97 Å². The Hall–Kier alpha value is -1.63. The molecule has 0 aromatic heterocycles. The van der Waals surface area contributed by atoms with Crippen molar-refractivity contribution in [1.29, 1.82) is 0 Å². The van der Waals surface area contributed by atoms with Crippen LogP contribution in [0.1, 0.15) is 5.56 Å². The first-order chi connectivity index (χ1) is 8.54. The average molecular weight is 257 g/mol. The number of aromatic hydroxyl groups is 1. The average Bonchev–Trinajstić information content (AvgIpc) is 2.32. The summed E-state index contributed by atoms with van der Waals surface area (Å²) < 4.78 is 4.25. The van der Waals surface area contributed by atoms with E-state index in [0.717, 1.165) is 5.56 Å². The Balaban J connectivity index is 0.000000873. The van der Waals surface area contributed by atoms with Crippen molar-refractivity contribution in [2.45, 2.75) is 12.5 Å². The van der Waals surface area contributed by atoms with Crippen LogP contribution < -0.4 is 5.32 Å². The van der Waals surface area contributed by atoms with Crippen LogP contribution in [0.2, 0.25) is 0 Å². The first kappa shape index (κ1) is 16.4. The quantitative estimate of drug-likeness (QED) is 0.562. The Bertz CT molecular complexity index is 339. The van der Waals surface area contributed by atoms with Gasteiger partial charge in [0.05, 0.1) is 6.73 Å². The summed E-state index contributed by atoms with van der Waals surface area (Å²) in [4.78, 5) is 10.7. The standard InChI is InChI=1S/C10H13NO4.C2H6O/c12-6-11-9(10(14)15)5-7-1-3-8(13)4-2-7;1-3-2/h1-4,9,11-13H,5-6H2,(H,14,15);1-2H3. The molecule has 1 aromatic rings. The maximum atomic E-state index is 10.7. The van der Waals surface area contributed by atoms with E-state index >= 15 is 0 Å². The molecule has 6 nitrogen and oxygen atoms in total. The summed E-state index contributed by atoms with van der Waals surface area (Å²) in [6.07, 6.45) is 0.260. The van der Waals surface area contributed by atoms with Gasteiger partial charge in [0.2, 0.25) is 0 Å². The molecule has 0 heterocycles. The van der Waals surface area contributed by atoms with Crippen molar-refractivity contribution in [3.63, 3.8) is 0 Å². The maximum absolute atomic E-state index is 10.7. The van der Waals surface area contributed by atoms with Crippen molar-refractivity contribution in [2.75, 3.05) is 21.0 Å². The predicted octanol–water partition coefficient (Wildman–Crippen LogP) is 0.190. The molecule has 1 unspecified atom stereocenters. The number of hydrogen-bond donors (Lipinski definition) is 4. The fourth-order valence-corrected chi connectivity index (χ4v) is 1.22. The van der Waals surface area contributed by atoms with Gasteiger partial charge in [-0.1, -0.05) is 12.1 Å². The number of phenolic OH excluding ortho intramolecular Hbond substituents is 1. The second-order valence-corrected chi connectivity index (χ2v) is 3.53. The van der Waals surface area contributed by atoms with E-state index in [2.05, 4.69) is 10.1 Å². The summed E-state index contributed by atoms with van der Waals surface area (Å²) >= 11 is 0. The number of aliphatic carboxylic acids is 1. The van der Waals surface area contributed by atoms with E-state index in [0.29, 0.717) is 0 Å². The number of hydrogen-bond acceptors (Lipinski definition) is 5. The van der Waals surface area contributed by atoms with Crippen molar-refractivity contribution < 1.29 is 24.9 Å². The third kappa shape index (κ3) is 6.85. The van der Waals surface area contributed by atoms with E-state index < -0.39 is 12.0 Å². The number of carboxylic acid groups (broad SMARTS) is 1. The Morgan fingerprint density at radius 1 is 1.33 bits per heavy atom. The fourth-order valence-electron chi connectivity index (χ4n) is 1.22. The van der Waals surface area contributed by atoms with Gasteiger partial charge in [-0.15, -0.1) is 0 Å². The number of carbonyl (C=O) groups is 1. The molecule has 0 fully saturated rings. The Morgan fingerprint density at radius 2 is 1.83 bits per heavy atom. The third-order valence-corrected chi connectivity index (χ3v) is 2.01. The van der Waals surface area contributed by atoms with Crippen LogP contribution in [0.15, 0.2) is 24.3 Å². The van der Waals surface area contributed by atoms with E-state index in [9.17, 15) is 4.79 Å². The molecule has 0 radical (unpaired) electrons. The number of phenols is 1. The van der Waals surface area contributed by atoms with Gasteiger partial charge in [0.15, 0.2) is 0 Å². The molecule has 0 aliphatic heterocycles. The number of benzene rings is 1. The molecule has 1 rings (SSSR count). The van der Waals surface area contributed by atoms with Gasteiger partial charge in [-0.25, -0.2) is 0 Å². The lowest BCUT2D eigenvalue weighted by Crippen LogP contribution is -2.38. The Labute approximate surface area is 106 Å². The van der Waals surface area contributed by atoms with Crippen LogP contribution in [0.5, 0.6) is 5.75 Å². The van der Waals surface area contributed by atoms with Crippen molar-refractivity contribution in [3.8, 4) is 5.75 Å². The lowest BCUT2D eigenvalue weighted by molar-refractivity contribution is -0.139. The van der Waals surface area contributed by atoms with Crippen molar-refractivity contribution in [2.24, 2.45) is 0 Å². The highest BCUT2D eigenvalue weighted by molar-refractivity contribution is 5.73. The Kier molecular flexibility index (Phi) is 8.55. The lowest BCUT2D eigenvalue weighted by Gasteiger charge is -2.12. The normalized spacial score (nSPS) is 11.3. The number of nitrogens with one attached hydrogen (secondary N) is 1. The third-order valence-electron chi connectivity index (χ3n) is 2.01. The number of aliphatic hydroxyl groups is 1. The number of ether oxygens (including phenoxy) is 1. The maximum Gasteiger partial charge on any atom is 0.321 e. The summed E-state index contributed by atoms with van der Waals surface area (Å²) in [5.74, 6) is -0.877. The number of aliphatic hydroxyl groups excluding tert-OH is 1. The van der Waals surface area contributed by atoms with Gasteiger partial charge in [0.1, 0.15) is 11.8 Å². The number of rotatable bonds is 5. The SMILES string of the molecule is COC.O=C(O)C(Cc1ccc(O)cc1)NCO. The van der Waals surface area contributed by atoms with Crippen LogP contribution >= 0.6 is 0 Å². The number of carboxylic acids is 1. The van der Waals surface area contributed by atoms with E-state index in [1.54, 1.807) is 26.4 Å². The van der Waals surface area contributed by atoms with Crippen LogP contribution in [0.25, 0.3) is 0 Å². The summed E-state index contributed by atoms with van der Waals surface area (Å²) in [5.41, 5.74) is 0.779. The predicted molar refractivity (Wildman–Crippen MR) is 66.4 cm³/mol. The molecule has 0 saturated carbocycles. The lowest BCUT2D eigenvalue weighted by atomic mass is 10.1. The number of methoxy groups -OCH3 is 1. The zero-order valence-corrected chi connectivity index (χ0v) is 10.5. The van der Waals surface area contributed by atoms with Gasteiger partial charge in [-0.2, -0.15) is 0 Å². The summed E-state index contributed by atoms with van der Waals surface area (Å²) in [5, 5.41) is 28.9. The Morgan fingerprint density at radius 3 is 2.22 bits per heavy atom. The highest BCUT2D eigenvalue weighted by Gasteiger charge is 2.16. The minimum atomic E-state index is -1.02. The van der Waals surface area contributed by atoms with E-state index in [-0.39, 0.29) is 18.9 Å². The highest BCUT2D eigenvalue weighted by atomic mass is 16.4. The zero-order chi connectivity index (χ0) is 14.0. The summed E-state index contributed by atoms with van der Waals surface area (Å²) in [6, 6.07) is 5.45. The molecule has 0 spiro atoms. The topological polar surface area (TPSA) is 99.0 Å². The zero-order valence-electron chi connectivity index (χ0n) is 10.5. The molecule has 0 amide bonds. The van der Waals surface area contributed by atoms with Gasteiger partial charge >= 0.3 is 5.97 Å². The van der Waals surface area contributed by atoms with Gasteiger partial charge in [0.25, 0.3) is 0 Å². The summed E-state index contributed by atoms with van der Waals surface area (Å²) in [7, 11) is 3.25. The van der Waals surface area contributed by atoms with Crippen molar-refractivity contribution in [1.82, 2.24) is 5.32 Å². The molecule has 1 atom stereocenters. The minimum Gasteiger partial charge on any atom is -0.508 e. The molecule has 0 aliphatic carbocycles. The molecular formula is C12H19NO5. The molecule has 1 aromatic carbocycles. The smallest absolute Gasteiger partial charge is 0.321 e. The van der Waals surface area contributed by atoms with Gasteiger partial charge in [0, 0.05) is 14.2 Å². The van der Waals surface area contributed by atoms with Gasteiger partial charge in [-0.05, 0) is 24.1 Å². The monoisotopic (exact) mass is 257 g/mol. The van der Waals surface area contributed by atoms with E-state index in [4.69, 9.17) is 15.3 Å². The minimum absolute atomic E-state index is 0.140. The fraction of sp³-hybridized carbons (Fsp3) is 0.417. The molecule has 0 saturated heterocycles. The second-order valence-electron chi connectivity index (χ2n) is 3.53.